The van der Waals surface area contributed by atoms with Crippen LogP contribution in [-0.2, 0) is 0 Å². The molecule has 0 saturated carbocycles. The number of anilines is 6. The molecule has 0 aliphatic carbocycles. The van der Waals surface area contributed by atoms with Crippen LogP contribution in [0.3, 0.4) is 0 Å². The molecule has 0 bridgehead atoms. The minimum absolute atomic E-state index is 1.01. The average Bonchev–Trinajstić information content (AvgIpc) is 4.03. The molecule has 0 saturated heterocycles. The van der Waals surface area contributed by atoms with Crippen molar-refractivity contribution in [1.29, 1.82) is 0 Å². The molecule has 0 unspecified atom stereocenters. The maximum atomic E-state index is 4.48. The smallest absolute Gasteiger partial charge is 0.0634 e. The third kappa shape index (κ3) is 7.49. The fourth-order valence-corrected chi connectivity index (χ4v) is 12.3. The van der Waals surface area contributed by atoms with Crippen molar-refractivity contribution in [2.45, 2.75) is 0 Å². The van der Waals surface area contributed by atoms with Gasteiger partial charge in [0.05, 0.1) is 11.0 Å². The SMILES string of the molecule is c1ccc(-c2ccc(N(c3ccc(-c4ccccc4)cc3)c3cc(-c4cc5c6ccc7ccccc7c6n(-c6ccccc6)c5c5c4sc4ccccc45)cc(N(c4ccccc4)c4ccncc4)c3)cc2)cc1. The molecule has 0 N–H and O–H groups in total. The molecule has 11 aromatic carbocycles. The van der Waals surface area contributed by atoms with Gasteiger partial charge in [0, 0.05) is 94.1 Å². The van der Waals surface area contributed by atoms with Crippen molar-refractivity contribution in [3.63, 3.8) is 0 Å². The number of para-hydroxylation sites is 2. The van der Waals surface area contributed by atoms with Gasteiger partial charge in [-0.25, -0.2) is 0 Å². The Balaban J connectivity index is 1.09. The van der Waals surface area contributed by atoms with Crippen molar-refractivity contribution >= 4 is 98.2 Å². The fraction of sp³-hybridized carbons (Fsp3) is 0. The van der Waals surface area contributed by atoms with Crippen molar-refractivity contribution in [2.24, 2.45) is 0 Å². The predicted molar refractivity (Wildman–Crippen MR) is 315 cm³/mol. The Bertz CT molecular complexity index is 4200. The molecule has 3 heterocycles. The lowest BCUT2D eigenvalue weighted by molar-refractivity contribution is 1.19. The van der Waals surface area contributed by atoms with E-state index in [1.165, 1.54) is 80.6 Å². The third-order valence-electron chi connectivity index (χ3n) is 14.4. The Kier molecular flexibility index (Phi) is 10.7. The molecule has 0 amide bonds. The number of aromatic nitrogens is 2. The van der Waals surface area contributed by atoms with Crippen LogP contribution in [0, 0.1) is 0 Å². The van der Waals surface area contributed by atoms with E-state index in [4.69, 9.17) is 0 Å². The van der Waals surface area contributed by atoms with Gasteiger partial charge in [0.1, 0.15) is 0 Å². The largest absolute Gasteiger partial charge is 0.310 e. The molecule has 0 radical (unpaired) electrons. The summed E-state index contributed by atoms with van der Waals surface area (Å²) >= 11 is 1.88. The zero-order chi connectivity index (χ0) is 49.0. The van der Waals surface area contributed by atoms with Gasteiger partial charge in [-0.05, 0) is 124 Å². The quantitative estimate of drug-likeness (QED) is 0.136. The molecule has 0 aliphatic rings. The lowest BCUT2D eigenvalue weighted by atomic mass is 9.96. The lowest BCUT2D eigenvalue weighted by Crippen LogP contribution is -2.13. The van der Waals surface area contributed by atoms with Gasteiger partial charge in [-0.15, -0.1) is 11.3 Å². The number of benzene rings is 11. The van der Waals surface area contributed by atoms with Crippen molar-refractivity contribution in [3.8, 4) is 39.1 Å². The van der Waals surface area contributed by atoms with E-state index in [-0.39, 0.29) is 0 Å². The van der Waals surface area contributed by atoms with Gasteiger partial charge in [0.2, 0.25) is 0 Å². The molecule has 14 rings (SSSR count). The van der Waals surface area contributed by atoms with Crippen molar-refractivity contribution in [1.82, 2.24) is 9.55 Å². The predicted octanol–water partition coefficient (Wildman–Crippen LogP) is 19.6. The summed E-state index contributed by atoms with van der Waals surface area (Å²) in [7, 11) is 0. The number of rotatable bonds is 10. The monoisotopic (exact) mass is 962 g/mol. The second-order valence-corrected chi connectivity index (χ2v) is 19.8. The van der Waals surface area contributed by atoms with E-state index in [1.807, 2.05) is 23.7 Å². The third-order valence-corrected chi connectivity index (χ3v) is 15.6. The van der Waals surface area contributed by atoms with E-state index in [2.05, 4.69) is 286 Å². The molecule has 14 aromatic rings. The van der Waals surface area contributed by atoms with Crippen molar-refractivity contribution < 1.29 is 0 Å². The van der Waals surface area contributed by atoms with Crippen molar-refractivity contribution in [3.05, 3.63) is 279 Å². The molecular weight excluding hydrogens is 917 g/mol. The van der Waals surface area contributed by atoms with Crippen LogP contribution >= 0.6 is 11.3 Å². The van der Waals surface area contributed by atoms with Gasteiger partial charge in [-0.2, -0.15) is 0 Å². The second kappa shape index (κ2) is 18.2. The summed E-state index contributed by atoms with van der Waals surface area (Å²) < 4.78 is 5.02. The average molecular weight is 963 g/mol. The summed E-state index contributed by atoms with van der Waals surface area (Å²) in [5.74, 6) is 0. The Morgan fingerprint density at radius 1 is 0.324 bits per heavy atom. The Labute approximate surface area is 433 Å². The number of hydrogen-bond acceptors (Lipinski definition) is 4. The molecule has 5 heteroatoms. The van der Waals surface area contributed by atoms with E-state index in [0.29, 0.717) is 0 Å². The van der Waals surface area contributed by atoms with Crippen LogP contribution in [0.1, 0.15) is 0 Å². The number of thiophene rings is 1. The highest BCUT2D eigenvalue weighted by molar-refractivity contribution is 7.26. The molecule has 0 fully saturated rings. The van der Waals surface area contributed by atoms with Gasteiger partial charge in [-0.3, -0.25) is 4.98 Å². The maximum Gasteiger partial charge on any atom is 0.0634 e. The van der Waals surface area contributed by atoms with Crippen LogP contribution in [0.4, 0.5) is 34.1 Å². The van der Waals surface area contributed by atoms with Crippen LogP contribution in [-0.4, -0.2) is 9.55 Å². The Morgan fingerprint density at radius 3 is 1.45 bits per heavy atom. The summed E-state index contributed by atoms with van der Waals surface area (Å²) in [5.41, 5.74) is 16.8. The highest BCUT2D eigenvalue weighted by Gasteiger charge is 2.25. The lowest BCUT2D eigenvalue weighted by Gasteiger charge is -2.30. The molecular formula is C69H46N4S. The zero-order valence-corrected chi connectivity index (χ0v) is 41.1. The Hall–Kier alpha value is -9.55. The van der Waals surface area contributed by atoms with Gasteiger partial charge in [-0.1, -0.05) is 176 Å². The molecule has 0 aliphatic heterocycles. The second-order valence-electron chi connectivity index (χ2n) is 18.8. The van der Waals surface area contributed by atoms with Crippen LogP contribution in [0.2, 0.25) is 0 Å². The van der Waals surface area contributed by atoms with Crippen LogP contribution in [0.5, 0.6) is 0 Å². The number of pyridine rings is 1. The number of fused-ring (bicyclic) bond motifs is 9. The molecule has 74 heavy (non-hydrogen) atoms. The van der Waals surface area contributed by atoms with E-state index >= 15 is 0 Å². The van der Waals surface area contributed by atoms with Crippen LogP contribution in [0.15, 0.2) is 279 Å². The number of hydrogen-bond donors (Lipinski definition) is 0. The highest BCUT2D eigenvalue weighted by atomic mass is 32.1. The van der Waals surface area contributed by atoms with E-state index in [0.717, 1.165) is 45.4 Å². The van der Waals surface area contributed by atoms with E-state index in [9.17, 15) is 0 Å². The van der Waals surface area contributed by atoms with Crippen LogP contribution in [0.25, 0.3) is 91.8 Å². The fourth-order valence-electron chi connectivity index (χ4n) is 11.0. The first-order chi connectivity index (χ1) is 36.7. The Morgan fingerprint density at radius 2 is 0.824 bits per heavy atom. The number of nitrogens with zero attached hydrogens (tertiary/aromatic N) is 4. The first-order valence-corrected chi connectivity index (χ1v) is 25.9. The minimum Gasteiger partial charge on any atom is -0.310 e. The van der Waals surface area contributed by atoms with Gasteiger partial charge < -0.3 is 14.4 Å². The molecule has 0 atom stereocenters. The first kappa shape index (κ1) is 43.3. The first-order valence-electron chi connectivity index (χ1n) is 25.1. The highest BCUT2D eigenvalue weighted by Crippen LogP contribution is 2.51. The summed E-state index contributed by atoms with van der Waals surface area (Å²) in [4.78, 5) is 9.26. The normalized spacial score (nSPS) is 11.5. The standard InChI is InChI=1S/C69H46N4S/c1-5-17-47(18-6-1)49-29-34-55(35-30-49)72(56-36-31-50(32-37-56)48-19-7-2-8-20-48)59-44-52(43-58(45-59)71(53-22-9-3-10-23-53)57-39-41-70-42-40-57)63-46-64-61-38-33-51-21-13-14-26-60(51)67(61)73(54-24-11-4-12-25-54)68(64)66-62-27-15-16-28-65(62)74-69(63)66/h1-46H. The molecule has 348 valence electrons. The summed E-state index contributed by atoms with van der Waals surface area (Å²) in [6.07, 6.45) is 3.76. The summed E-state index contributed by atoms with van der Waals surface area (Å²) in [5, 5.41) is 7.39. The molecule has 0 spiro atoms. The maximum absolute atomic E-state index is 4.48. The van der Waals surface area contributed by atoms with E-state index < -0.39 is 0 Å². The topological polar surface area (TPSA) is 24.3 Å². The summed E-state index contributed by atoms with van der Waals surface area (Å²) in [6, 6.07) is 97.1. The summed E-state index contributed by atoms with van der Waals surface area (Å²) in [6.45, 7) is 0. The zero-order valence-electron chi connectivity index (χ0n) is 40.3. The van der Waals surface area contributed by atoms with Crippen molar-refractivity contribution in [2.75, 3.05) is 9.80 Å². The van der Waals surface area contributed by atoms with Gasteiger partial charge in [0.15, 0.2) is 0 Å². The molecule has 3 aromatic heterocycles. The molecule has 4 nitrogen and oxygen atoms in total. The van der Waals surface area contributed by atoms with Gasteiger partial charge in [0.25, 0.3) is 0 Å². The van der Waals surface area contributed by atoms with E-state index in [1.54, 1.807) is 0 Å². The van der Waals surface area contributed by atoms with Crippen LogP contribution < -0.4 is 9.80 Å². The van der Waals surface area contributed by atoms with Gasteiger partial charge >= 0.3 is 0 Å². The minimum atomic E-state index is 1.01.